The van der Waals surface area contributed by atoms with Crippen LogP contribution in [0, 0.1) is 0 Å². The first kappa shape index (κ1) is 10.1. The third kappa shape index (κ3) is 2.21. The zero-order valence-electron chi connectivity index (χ0n) is 7.08. The minimum atomic E-state index is -0.0432. The van der Waals surface area contributed by atoms with Gasteiger partial charge < -0.3 is 9.84 Å². The number of ketones is 1. The van der Waals surface area contributed by atoms with Gasteiger partial charge in [0, 0.05) is 5.56 Å². The predicted octanol–water partition coefficient (Wildman–Crippen LogP) is 1.98. The Morgan fingerprint density at radius 1 is 1.62 bits per heavy atom. The molecule has 13 heavy (non-hydrogen) atoms. The van der Waals surface area contributed by atoms with Gasteiger partial charge in [0.25, 0.3) is 0 Å². The van der Waals surface area contributed by atoms with Crippen molar-refractivity contribution in [2.24, 2.45) is 0 Å². The van der Waals surface area contributed by atoms with Gasteiger partial charge in [-0.15, -0.1) is 0 Å². The lowest BCUT2D eigenvalue weighted by molar-refractivity contribution is 0.102. The summed E-state index contributed by atoms with van der Waals surface area (Å²) in [6.07, 6.45) is 0. The highest BCUT2D eigenvalue weighted by molar-refractivity contribution is 9.09. The average Bonchev–Trinajstić information content (AvgIpc) is 2.17. The van der Waals surface area contributed by atoms with E-state index < -0.39 is 0 Å². The molecule has 0 bridgehead atoms. The maximum absolute atomic E-state index is 11.2. The summed E-state index contributed by atoms with van der Waals surface area (Å²) < 4.78 is 4.86. The van der Waals surface area contributed by atoms with Gasteiger partial charge in [-0.05, 0) is 18.2 Å². The molecule has 0 radical (unpaired) electrons. The van der Waals surface area contributed by atoms with Gasteiger partial charge in [0.1, 0.15) is 0 Å². The molecule has 0 unspecified atom stereocenters. The van der Waals surface area contributed by atoms with Crippen molar-refractivity contribution in [1.82, 2.24) is 0 Å². The first-order chi connectivity index (χ1) is 6.19. The number of hydrogen-bond acceptors (Lipinski definition) is 3. The number of carbonyl (C=O) groups is 1. The number of halogens is 1. The molecule has 0 heterocycles. The fourth-order valence-electron chi connectivity index (χ4n) is 0.928. The Balaban J connectivity index is 3.06. The topological polar surface area (TPSA) is 46.5 Å². The van der Waals surface area contributed by atoms with Crippen molar-refractivity contribution < 1.29 is 14.6 Å². The van der Waals surface area contributed by atoms with Crippen molar-refractivity contribution in [3.63, 3.8) is 0 Å². The molecule has 1 aromatic carbocycles. The minimum absolute atomic E-state index is 0.0358. The molecule has 0 aromatic heterocycles. The van der Waals surface area contributed by atoms with Crippen LogP contribution in [0.15, 0.2) is 18.2 Å². The van der Waals surface area contributed by atoms with Crippen molar-refractivity contribution in [2.75, 3.05) is 12.4 Å². The summed E-state index contributed by atoms with van der Waals surface area (Å²) in [5, 5.41) is 9.51. The Labute approximate surface area is 84.5 Å². The van der Waals surface area contributed by atoms with Crippen LogP contribution in [0.1, 0.15) is 10.4 Å². The highest BCUT2D eigenvalue weighted by Gasteiger charge is 2.07. The molecule has 1 rings (SSSR count). The molecule has 1 aromatic rings. The van der Waals surface area contributed by atoms with Gasteiger partial charge in [0.2, 0.25) is 0 Å². The molecule has 0 saturated carbocycles. The molecule has 0 aliphatic carbocycles. The third-order valence-corrected chi connectivity index (χ3v) is 2.13. The van der Waals surface area contributed by atoms with Gasteiger partial charge in [-0.25, -0.2) is 0 Å². The zero-order valence-corrected chi connectivity index (χ0v) is 8.67. The van der Waals surface area contributed by atoms with E-state index in [4.69, 9.17) is 4.74 Å². The Morgan fingerprint density at radius 3 is 2.85 bits per heavy atom. The Bertz CT molecular complexity index is 323. The van der Waals surface area contributed by atoms with E-state index in [0.29, 0.717) is 11.3 Å². The number of hydrogen-bond donors (Lipinski definition) is 1. The molecule has 0 amide bonds. The Morgan fingerprint density at radius 2 is 2.31 bits per heavy atom. The standard InChI is InChI=1S/C9H9BrO3/c1-13-9-4-6(8(12)5-10)2-3-7(9)11/h2-4,11H,5H2,1H3. The fourth-order valence-corrected chi connectivity index (χ4v) is 1.25. The second kappa shape index (κ2) is 4.28. The first-order valence-electron chi connectivity index (χ1n) is 3.65. The molecule has 0 spiro atoms. The number of carbonyl (C=O) groups excluding carboxylic acids is 1. The molecular weight excluding hydrogens is 236 g/mol. The van der Waals surface area contributed by atoms with E-state index in [9.17, 15) is 9.90 Å². The molecule has 0 aliphatic heterocycles. The normalized spacial score (nSPS) is 9.69. The predicted molar refractivity (Wildman–Crippen MR) is 52.8 cm³/mol. The van der Waals surface area contributed by atoms with Crippen LogP contribution >= 0.6 is 15.9 Å². The van der Waals surface area contributed by atoms with E-state index in [2.05, 4.69) is 15.9 Å². The molecule has 1 N–H and O–H groups in total. The SMILES string of the molecule is COc1cc(C(=O)CBr)ccc1O. The lowest BCUT2D eigenvalue weighted by Gasteiger charge is -2.04. The van der Waals surface area contributed by atoms with Crippen LogP contribution < -0.4 is 4.74 Å². The van der Waals surface area contributed by atoms with Gasteiger partial charge in [0.05, 0.1) is 12.4 Å². The smallest absolute Gasteiger partial charge is 0.173 e. The number of phenolic OH excluding ortho intramolecular Hbond substituents is 1. The van der Waals surface area contributed by atoms with Crippen LogP contribution in [-0.2, 0) is 0 Å². The average molecular weight is 245 g/mol. The summed E-state index contributed by atoms with van der Waals surface area (Å²) in [7, 11) is 1.44. The lowest BCUT2D eigenvalue weighted by Crippen LogP contribution is -1.99. The zero-order chi connectivity index (χ0) is 9.84. The fraction of sp³-hybridized carbons (Fsp3) is 0.222. The molecular formula is C9H9BrO3. The maximum atomic E-state index is 11.2. The van der Waals surface area contributed by atoms with Crippen LogP contribution in [0.5, 0.6) is 11.5 Å². The largest absolute Gasteiger partial charge is 0.504 e. The van der Waals surface area contributed by atoms with Crippen LogP contribution in [0.3, 0.4) is 0 Å². The summed E-state index contributed by atoms with van der Waals surface area (Å²) in [5.41, 5.74) is 0.520. The van der Waals surface area contributed by atoms with Gasteiger partial charge >= 0.3 is 0 Å². The van der Waals surface area contributed by atoms with E-state index >= 15 is 0 Å². The number of rotatable bonds is 3. The maximum Gasteiger partial charge on any atom is 0.173 e. The van der Waals surface area contributed by atoms with Crippen LogP contribution in [0.2, 0.25) is 0 Å². The van der Waals surface area contributed by atoms with Gasteiger partial charge in [-0.3, -0.25) is 4.79 Å². The molecule has 70 valence electrons. The third-order valence-electron chi connectivity index (χ3n) is 1.62. The van der Waals surface area contributed by atoms with Crippen LogP contribution in [0.4, 0.5) is 0 Å². The van der Waals surface area contributed by atoms with Crippen molar-refractivity contribution >= 4 is 21.7 Å². The molecule has 0 fully saturated rings. The van der Waals surface area contributed by atoms with Gasteiger partial charge in [-0.2, -0.15) is 0 Å². The summed E-state index contributed by atoms with van der Waals surface area (Å²) in [6, 6.07) is 4.51. The van der Waals surface area contributed by atoms with Crippen LogP contribution in [-0.4, -0.2) is 23.3 Å². The van der Waals surface area contributed by atoms with Crippen molar-refractivity contribution in [2.45, 2.75) is 0 Å². The summed E-state index contributed by atoms with van der Waals surface area (Å²) >= 11 is 3.06. The van der Waals surface area contributed by atoms with Crippen molar-refractivity contribution in [3.05, 3.63) is 23.8 Å². The highest BCUT2D eigenvalue weighted by Crippen LogP contribution is 2.26. The van der Waals surface area contributed by atoms with E-state index in [0.717, 1.165) is 0 Å². The number of ether oxygens (including phenoxy) is 1. The van der Waals surface area contributed by atoms with Crippen molar-refractivity contribution in [1.29, 1.82) is 0 Å². The van der Waals surface area contributed by atoms with Crippen molar-refractivity contribution in [3.8, 4) is 11.5 Å². The highest BCUT2D eigenvalue weighted by atomic mass is 79.9. The van der Waals surface area contributed by atoms with Gasteiger partial charge in [0.15, 0.2) is 17.3 Å². The minimum Gasteiger partial charge on any atom is -0.504 e. The van der Waals surface area contributed by atoms with E-state index in [1.165, 1.54) is 19.2 Å². The monoisotopic (exact) mass is 244 g/mol. The van der Waals surface area contributed by atoms with Gasteiger partial charge in [-0.1, -0.05) is 15.9 Å². The second-order valence-electron chi connectivity index (χ2n) is 2.44. The number of phenols is 1. The summed E-state index contributed by atoms with van der Waals surface area (Å²) in [4.78, 5) is 11.2. The number of benzene rings is 1. The first-order valence-corrected chi connectivity index (χ1v) is 4.77. The Hall–Kier alpha value is -1.03. The van der Waals surface area contributed by atoms with Crippen LogP contribution in [0.25, 0.3) is 0 Å². The molecule has 0 saturated heterocycles. The quantitative estimate of drug-likeness (QED) is 0.654. The molecule has 3 nitrogen and oxygen atoms in total. The number of aromatic hydroxyl groups is 1. The number of alkyl halides is 1. The molecule has 4 heteroatoms. The van der Waals surface area contributed by atoms with E-state index in [-0.39, 0.29) is 16.9 Å². The molecule has 0 aliphatic rings. The number of methoxy groups -OCH3 is 1. The second-order valence-corrected chi connectivity index (χ2v) is 3.00. The lowest BCUT2D eigenvalue weighted by atomic mass is 10.1. The van der Waals surface area contributed by atoms with E-state index in [1.54, 1.807) is 6.07 Å². The summed E-state index contributed by atoms with van der Waals surface area (Å²) in [5.74, 6) is 0.304. The Kier molecular flexibility index (Phi) is 3.31. The van der Waals surface area contributed by atoms with E-state index in [1.807, 2.05) is 0 Å². The summed E-state index contributed by atoms with van der Waals surface area (Å²) in [6.45, 7) is 0. The number of Topliss-reactive ketones (excluding diaryl/α,β-unsaturated/α-hetero) is 1. The molecule has 0 atom stereocenters.